The molecule has 2 aromatic heterocycles. The number of benzene rings is 2. The second kappa shape index (κ2) is 9.02. The lowest BCUT2D eigenvalue weighted by Crippen LogP contribution is -2.47. The summed E-state index contributed by atoms with van der Waals surface area (Å²) >= 11 is 1.76. The highest BCUT2D eigenvalue weighted by atomic mass is 32.1. The van der Waals surface area contributed by atoms with Crippen molar-refractivity contribution in [1.29, 1.82) is 0 Å². The highest BCUT2D eigenvalue weighted by molar-refractivity contribution is 7.19. The van der Waals surface area contributed by atoms with Crippen molar-refractivity contribution >= 4 is 33.1 Å². The van der Waals surface area contributed by atoms with Crippen molar-refractivity contribution in [2.75, 3.05) is 42.6 Å². The summed E-state index contributed by atoms with van der Waals surface area (Å²) in [6.45, 7) is 12.9. The molecule has 6 heteroatoms. The third-order valence-corrected chi connectivity index (χ3v) is 7.22. The Morgan fingerprint density at radius 1 is 0.909 bits per heavy atom. The number of aromatic nitrogens is 2. The first-order chi connectivity index (χ1) is 16.0. The van der Waals surface area contributed by atoms with Crippen molar-refractivity contribution in [3.8, 4) is 16.9 Å². The minimum absolute atomic E-state index is 0.672. The van der Waals surface area contributed by atoms with Crippen LogP contribution in [0.1, 0.15) is 23.2 Å². The zero-order chi connectivity index (χ0) is 22.9. The number of fused-ring (bicyclic) bond motifs is 1. The van der Waals surface area contributed by atoms with Crippen LogP contribution in [0.15, 0.2) is 48.5 Å². The van der Waals surface area contributed by atoms with Crippen LogP contribution in [-0.4, -0.2) is 42.8 Å². The predicted octanol–water partition coefficient (Wildman–Crippen LogP) is 6.01. The van der Waals surface area contributed by atoms with E-state index in [9.17, 15) is 0 Å². The minimum atomic E-state index is 0.672. The molecule has 33 heavy (non-hydrogen) atoms. The van der Waals surface area contributed by atoms with E-state index in [1.54, 1.807) is 11.3 Å². The first-order valence-electron chi connectivity index (χ1n) is 11.6. The topological polar surface area (TPSA) is 41.5 Å². The molecule has 1 aliphatic rings. The Labute approximate surface area is 199 Å². The number of rotatable bonds is 5. The van der Waals surface area contributed by atoms with Crippen molar-refractivity contribution in [2.24, 2.45) is 0 Å². The summed E-state index contributed by atoms with van der Waals surface area (Å²) in [5.41, 5.74) is 5.04. The van der Waals surface area contributed by atoms with E-state index in [0.29, 0.717) is 6.61 Å². The Hall–Kier alpha value is -3.12. The molecule has 0 aliphatic carbocycles. The fourth-order valence-corrected chi connectivity index (χ4v) is 5.74. The summed E-state index contributed by atoms with van der Waals surface area (Å²) in [5.74, 6) is 2.80. The average Bonchev–Trinajstić information content (AvgIpc) is 3.15. The predicted molar refractivity (Wildman–Crippen MR) is 139 cm³/mol. The van der Waals surface area contributed by atoms with Crippen LogP contribution in [0.3, 0.4) is 0 Å². The van der Waals surface area contributed by atoms with E-state index in [4.69, 9.17) is 14.7 Å². The van der Waals surface area contributed by atoms with Crippen molar-refractivity contribution in [3.05, 3.63) is 64.8 Å². The zero-order valence-electron chi connectivity index (χ0n) is 19.8. The fourth-order valence-electron chi connectivity index (χ4n) is 4.66. The molecule has 1 fully saturated rings. The number of aryl methyl sites for hydroxylation is 3. The summed E-state index contributed by atoms with van der Waals surface area (Å²) in [5, 5.41) is 1.18. The molecule has 1 aliphatic heterocycles. The van der Waals surface area contributed by atoms with E-state index in [-0.39, 0.29) is 0 Å². The van der Waals surface area contributed by atoms with Gasteiger partial charge in [0, 0.05) is 42.3 Å². The third kappa shape index (κ3) is 4.27. The standard InChI is InChI=1S/C27H30N4OS/c1-5-32-23-11-9-21(10-12-23)24-19(3)33-27-25(24)26(28-20(4)29-27)31-15-13-30(14-16-31)22-8-6-7-18(2)17-22/h6-12,17H,5,13-16H2,1-4H3. The zero-order valence-corrected chi connectivity index (χ0v) is 20.6. The minimum Gasteiger partial charge on any atom is -0.494 e. The third-order valence-electron chi connectivity index (χ3n) is 6.22. The molecule has 0 saturated carbocycles. The maximum absolute atomic E-state index is 5.65. The second-order valence-corrected chi connectivity index (χ2v) is 9.78. The van der Waals surface area contributed by atoms with Gasteiger partial charge in [-0.25, -0.2) is 9.97 Å². The summed E-state index contributed by atoms with van der Waals surface area (Å²) < 4.78 is 5.65. The molecule has 0 atom stereocenters. The van der Waals surface area contributed by atoms with Gasteiger partial charge in [0.15, 0.2) is 0 Å². The summed E-state index contributed by atoms with van der Waals surface area (Å²) in [6, 6.07) is 17.2. The van der Waals surface area contributed by atoms with E-state index in [2.05, 4.69) is 72.2 Å². The van der Waals surface area contributed by atoms with E-state index in [1.165, 1.54) is 32.6 Å². The molecule has 5 nitrogen and oxygen atoms in total. The average molecular weight is 459 g/mol. The van der Waals surface area contributed by atoms with Gasteiger partial charge in [0.2, 0.25) is 0 Å². The molecule has 0 unspecified atom stereocenters. The SMILES string of the molecule is CCOc1ccc(-c2c(C)sc3nc(C)nc(N4CCN(c5cccc(C)c5)CC4)c23)cc1. The van der Waals surface area contributed by atoms with Crippen LogP contribution < -0.4 is 14.5 Å². The van der Waals surface area contributed by atoms with Gasteiger partial charge in [-0.1, -0.05) is 24.3 Å². The largest absolute Gasteiger partial charge is 0.494 e. The summed E-state index contributed by atoms with van der Waals surface area (Å²) in [4.78, 5) is 17.0. The van der Waals surface area contributed by atoms with Gasteiger partial charge in [-0.15, -0.1) is 11.3 Å². The lowest BCUT2D eigenvalue weighted by atomic mass is 10.0. The van der Waals surface area contributed by atoms with Crippen LogP contribution in [-0.2, 0) is 0 Å². The van der Waals surface area contributed by atoms with Gasteiger partial charge >= 0.3 is 0 Å². The molecule has 3 heterocycles. The lowest BCUT2D eigenvalue weighted by Gasteiger charge is -2.37. The molecule has 5 rings (SSSR count). The molecule has 170 valence electrons. The van der Waals surface area contributed by atoms with Gasteiger partial charge in [-0.2, -0.15) is 0 Å². The molecule has 1 saturated heterocycles. The number of piperazine rings is 1. The fraction of sp³-hybridized carbons (Fsp3) is 0.333. The summed E-state index contributed by atoms with van der Waals surface area (Å²) in [6.07, 6.45) is 0. The monoisotopic (exact) mass is 458 g/mol. The molecular formula is C27H30N4OS. The molecule has 0 amide bonds. The van der Waals surface area contributed by atoms with Crippen molar-refractivity contribution in [2.45, 2.75) is 27.7 Å². The maximum Gasteiger partial charge on any atom is 0.141 e. The number of thiophene rings is 1. The van der Waals surface area contributed by atoms with E-state index in [1.807, 2.05) is 13.8 Å². The van der Waals surface area contributed by atoms with Gasteiger partial charge in [0.25, 0.3) is 0 Å². The molecule has 0 spiro atoms. The highest BCUT2D eigenvalue weighted by Crippen LogP contribution is 2.42. The van der Waals surface area contributed by atoms with Gasteiger partial charge in [0.1, 0.15) is 22.2 Å². The quantitative estimate of drug-likeness (QED) is 0.366. The van der Waals surface area contributed by atoms with Crippen molar-refractivity contribution in [1.82, 2.24) is 9.97 Å². The number of hydrogen-bond acceptors (Lipinski definition) is 6. The van der Waals surface area contributed by atoms with Crippen molar-refractivity contribution in [3.63, 3.8) is 0 Å². The van der Waals surface area contributed by atoms with Crippen LogP contribution >= 0.6 is 11.3 Å². The number of hydrogen-bond donors (Lipinski definition) is 0. The summed E-state index contributed by atoms with van der Waals surface area (Å²) in [7, 11) is 0. The van der Waals surface area contributed by atoms with E-state index >= 15 is 0 Å². The van der Waals surface area contributed by atoms with E-state index < -0.39 is 0 Å². The Morgan fingerprint density at radius 3 is 2.33 bits per heavy atom. The molecule has 0 radical (unpaired) electrons. The first-order valence-corrected chi connectivity index (χ1v) is 12.4. The normalized spacial score (nSPS) is 14.2. The van der Waals surface area contributed by atoms with Crippen LogP contribution in [0.4, 0.5) is 11.5 Å². The van der Waals surface area contributed by atoms with Crippen LogP contribution in [0, 0.1) is 20.8 Å². The van der Waals surface area contributed by atoms with E-state index in [0.717, 1.165) is 48.4 Å². The number of anilines is 2. The number of nitrogens with zero attached hydrogens (tertiary/aromatic N) is 4. The Kier molecular flexibility index (Phi) is 5.94. The van der Waals surface area contributed by atoms with Crippen molar-refractivity contribution < 1.29 is 4.74 Å². The first kappa shape index (κ1) is 21.7. The molecule has 0 N–H and O–H groups in total. The van der Waals surface area contributed by atoms with Gasteiger partial charge in [0.05, 0.1) is 12.0 Å². The maximum atomic E-state index is 5.65. The molecule has 2 aromatic carbocycles. The molecular weight excluding hydrogens is 428 g/mol. The van der Waals surface area contributed by atoms with Crippen LogP contribution in [0.2, 0.25) is 0 Å². The highest BCUT2D eigenvalue weighted by Gasteiger charge is 2.24. The smallest absolute Gasteiger partial charge is 0.141 e. The molecule has 4 aromatic rings. The Balaban J connectivity index is 1.49. The second-order valence-electron chi connectivity index (χ2n) is 8.58. The van der Waals surface area contributed by atoms with Gasteiger partial charge < -0.3 is 14.5 Å². The molecule has 0 bridgehead atoms. The lowest BCUT2D eigenvalue weighted by molar-refractivity contribution is 0.340. The van der Waals surface area contributed by atoms with Gasteiger partial charge in [-0.05, 0) is 63.1 Å². The Bertz CT molecular complexity index is 1270. The van der Waals surface area contributed by atoms with Crippen LogP contribution in [0.5, 0.6) is 5.75 Å². The Morgan fingerprint density at radius 2 is 1.64 bits per heavy atom. The van der Waals surface area contributed by atoms with Gasteiger partial charge in [-0.3, -0.25) is 0 Å². The number of ether oxygens (including phenoxy) is 1. The van der Waals surface area contributed by atoms with Crippen LogP contribution in [0.25, 0.3) is 21.3 Å².